The van der Waals surface area contributed by atoms with Crippen molar-refractivity contribution in [1.29, 1.82) is 0 Å². The second kappa shape index (κ2) is 8.16. The lowest BCUT2D eigenvalue weighted by Gasteiger charge is -2.24. The lowest BCUT2D eigenvalue weighted by atomic mass is 10.1. The van der Waals surface area contributed by atoms with Crippen molar-refractivity contribution in [2.24, 2.45) is 5.73 Å². The van der Waals surface area contributed by atoms with Gasteiger partial charge >= 0.3 is 0 Å². The molecule has 17 heavy (non-hydrogen) atoms. The number of rotatable bonds is 7. The van der Waals surface area contributed by atoms with Gasteiger partial charge in [-0.25, -0.2) is 0 Å². The zero-order valence-corrected chi connectivity index (χ0v) is 9.91. The predicted molar refractivity (Wildman–Crippen MR) is 63.1 cm³/mol. The molecule has 0 spiro atoms. The summed E-state index contributed by atoms with van der Waals surface area (Å²) < 4.78 is 5.29. The Balaban J connectivity index is 2.28. The van der Waals surface area contributed by atoms with E-state index < -0.39 is 12.1 Å². The molecule has 2 atom stereocenters. The number of carbonyl (C=O) groups excluding carboxylic acids is 2. The molecule has 0 saturated carbocycles. The van der Waals surface area contributed by atoms with Gasteiger partial charge in [-0.2, -0.15) is 0 Å². The van der Waals surface area contributed by atoms with E-state index in [1.54, 1.807) is 0 Å². The summed E-state index contributed by atoms with van der Waals surface area (Å²) in [6, 6.07) is -0.556. The van der Waals surface area contributed by atoms with Crippen LogP contribution in [0.25, 0.3) is 0 Å². The minimum atomic E-state index is -0.556. The maximum atomic E-state index is 11.7. The number of amides is 1. The topological polar surface area (TPSA) is 93.5 Å². The second-order valence-electron chi connectivity index (χ2n) is 4.03. The first kappa shape index (κ1) is 14.1. The molecule has 1 aliphatic heterocycles. The molecule has 0 bridgehead atoms. The van der Waals surface area contributed by atoms with Gasteiger partial charge in [0.1, 0.15) is 6.10 Å². The number of hydrogen-bond donors (Lipinski definition) is 3. The molecule has 6 heteroatoms. The number of nitrogens with one attached hydrogen (secondary N) is 2. The molecule has 2 unspecified atom stereocenters. The zero-order chi connectivity index (χ0) is 12.5. The average Bonchev–Trinajstić information content (AvgIpc) is 2.38. The maximum Gasteiger partial charge on any atom is 0.251 e. The van der Waals surface area contributed by atoms with Crippen LogP contribution in [0.15, 0.2) is 0 Å². The highest BCUT2D eigenvalue weighted by Crippen LogP contribution is 2.01. The molecule has 1 radical (unpaired) electrons. The van der Waals surface area contributed by atoms with E-state index in [-0.39, 0.29) is 5.91 Å². The lowest BCUT2D eigenvalue weighted by Crippen LogP contribution is -2.50. The molecule has 1 rings (SSSR count). The third-order valence-corrected chi connectivity index (χ3v) is 2.63. The predicted octanol–water partition coefficient (Wildman–Crippen LogP) is -1.30. The highest BCUT2D eigenvalue weighted by Gasteiger charge is 2.23. The molecule has 1 fully saturated rings. The SMILES string of the molecule is NCCCCC([C]=O)NC(=O)C1CNCCO1. The fraction of sp³-hybridized carbons (Fsp3) is 0.818. The van der Waals surface area contributed by atoms with E-state index in [9.17, 15) is 9.59 Å². The molecule has 1 amide bonds. The van der Waals surface area contributed by atoms with Gasteiger partial charge in [-0.05, 0) is 25.8 Å². The molecule has 1 heterocycles. The van der Waals surface area contributed by atoms with Gasteiger partial charge in [0.2, 0.25) is 6.29 Å². The number of hydrogen-bond acceptors (Lipinski definition) is 5. The number of morpholine rings is 1. The molecule has 0 aromatic heterocycles. The Labute approximate surface area is 101 Å². The van der Waals surface area contributed by atoms with Crippen molar-refractivity contribution < 1.29 is 14.3 Å². The molecular formula is C11H20N3O3. The van der Waals surface area contributed by atoms with E-state index >= 15 is 0 Å². The largest absolute Gasteiger partial charge is 0.366 e. The zero-order valence-electron chi connectivity index (χ0n) is 9.91. The van der Waals surface area contributed by atoms with Crippen molar-refractivity contribution in [2.75, 3.05) is 26.2 Å². The normalized spacial score (nSPS) is 21.8. The summed E-state index contributed by atoms with van der Waals surface area (Å²) in [7, 11) is 0. The smallest absolute Gasteiger partial charge is 0.251 e. The Morgan fingerprint density at radius 2 is 2.41 bits per heavy atom. The number of ether oxygens (including phenoxy) is 1. The third-order valence-electron chi connectivity index (χ3n) is 2.63. The van der Waals surface area contributed by atoms with Gasteiger partial charge in [-0.1, -0.05) is 0 Å². The van der Waals surface area contributed by atoms with Crippen LogP contribution in [-0.4, -0.2) is 50.6 Å². The molecule has 1 saturated heterocycles. The Morgan fingerprint density at radius 1 is 1.59 bits per heavy atom. The fourth-order valence-corrected chi connectivity index (χ4v) is 1.65. The molecule has 1 aliphatic rings. The van der Waals surface area contributed by atoms with Gasteiger partial charge in [-0.3, -0.25) is 9.59 Å². The average molecular weight is 242 g/mol. The van der Waals surface area contributed by atoms with Crippen molar-refractivity contribution in [3.8, 4) is 0 Å². The van der Waals surface area contributed by atoms with E-state index in [1.165, 1.54) is 0 Å². The van der Waals surface area contributed by atoms with Crippen molar-refractivity contribution in [3.63, 3.8) is 0 Å². The van der Waals surface area contributed by atoms with E-state index in [2.05, 4.69) is 10.6 Å². The summed E-state index contributed by atoms with van der Waals surface area (Å²) in [6.07, 6.45) is 3.55. The summed E-state index contributed by atoms with van der Waals surface area (Å²) in [5.41, 5.74) is 5.36. The van der Waals surface area contributed by atoms with Crippen LogP contribution in [0.5, 0.6) is 0 Å². The highest BCUT2D eigenvalue weighted by molar-refractivity contribution is 5.84. The van der Waals surface area contributed by atoms with Gasteiger partial charge in [0.15, 0.2) is 0 Å². The van der Waals surface area contributed by atoms with Gasteiger partial charge in [0.25, 0.3) is 5.91 Å². The minimum absolute atomic E-state index is 0.252. The number of nitrogens with two attached hydrogens (primary N) is 1. The summed E-state index contributed by atoms with van der Waals surface area (Å²) in [5.74, 6) is -0.252. The summed E-state index contributed by atoms with van der Waals surface area (Å²) in [5, 5.41) is 5.69. The molecule has 6 nitrogen and oxygen atoms in total. The fourth-order valence-electron chi connectivity index (χ4n) is 1.65. The number of unbranched alkanes of at least 4 members (excludes halogenated alkanes) is 1. The van der Waals surface area contributed by atoms with Gasteiger partial charge in [0, 0.05) is 13.1 Å². The Bertz CT molecular complexity index is 242. The first-order chi connectivity index (χ1) is 8.27. The van der Waals surface area contributed by atoms with E-state index in [4.69, 9.17) is 10.5 Å². The van der Waals surface area contributed by atoms with Crippen molar-refractivity contribution in [2.45, 2.75) is 31.4 Å². The lowest BCUT2D eigenvalue weighted by molar-refractivity contribution is -0.134. The van der Waals surface area contributed by atoms with Crippen LogP contribution in [0.4, 0.5) is 0 Å². The minimum Gasteiger partial charge on any atom is -0.366 e. The van der Waals surface area contributed by atoms with E-state index in [0.717, 1.165) is 19.4 Å². The van der Waals surface area contributed by atoms with Crippen molar-refractivity contribution in [1.82, 2.24) is 10.6 Å². The van der Waals surface area contributed by atoms with Crippen molar-refractivity contribution >= 4 is 12.2 Å². The van der Waals surface area contributed by atoms with E-state index in [0.29, 0.717) is 26.1 Å². The quantitative estimate of drug-likeness (QED) is 0.482. The van der Waals surface area contributed by atoms with Crippen molar-refractivity contribution in [3.05, 3.63) is 0 Å². The Kier molecular flexibility index (Phi) is 6.76. The molecule has 0 aliphatic carbocycles. The highest BCUT2D eigenvalue weighted by atomic mass is 16.5. The van der Waals surface area contributed by atoms with Crippen LogP contribution in [0.2, 0.25) is 0 Å². The summed E-state index contributed by atoms with van der Waals surface area (Å²) in [4.78, 5) is 22.4. The van der Waals surface area contributed by atoms with Crippen LogP contribution in [0.1, 0.15) is 19.3 Å². The van der Waals surface area contributed by atoms with Crippen LogP contribution >= 0.6 is 0 Å². The summed E-state index contributed by atoms with van der Waals surface area (Å²) >= 11 is 0. The standard InChI is InChI=1S/C11H20N3O3/c12-4-2-1-3-9(8-15)14-11(16)10-7-13-5-6-17-10/h9-10,13H,1-7,12H2,(H,14,16). The molecule has 4 N–H and O–H groups in total. The first-order valence-corrected chi connectivity index (χ1v) is 5.98. The molecule has 0 aromatic rings. The van der Waals surface area contributed by atoms with Gasteiger partial charge in [0.05, 0.1) is 12.6 Å². The van der Waals surface area contributed by atoms with Crippen LogP contribution < -0.4 is 16.4 Å². The Morgan fingerprint density at radius 3 is 3.00 bits per heavy atom. The van der Waals surface area contributed by atoms with Crippen LogP contribution in [-0.2, 0) is 14.3 Å². The van der Waals surface area contributed by atoms with Gasteiger partial charge < -0.3 is 21.1 Å². The van der Waals surface area contributed by atoms with Gasteiger partial charge in [-0.15, -0.1) is 0 Å². The molecule has 97 valence electrons. The number of carbonyl (C=O) groups is 1. The maximum absolute atomic E-state index is 11.7. The molecule has 0 aromatic carbocycles. The third kappa shape index (κ3) is 5.25. The molecular weight excluding hydrogens is 222 g/mol. The second-order valence-corrected chi connectivity index (χ2v) is 4.03. The van der Waals surface area contributed by atoms with Crippen LogP contribution in [0.3, 0.4) is 0 Å². The van der Waals surface area contributed by atoms with Crippen LogP contribution in [0, 0.1) is 0 Å². The van der Waals surface area contributed by atoms with E-state index in [1.807, 2.05) is 6.29 Å². The summed E-state index contributed by atoms with van der Waals surface area (Å²) in [6.45, 7) is 2.35. The monoisotopic (exact) mass is 242 g/mol. The Hall–Kier alpha value is -0.980. The first-order valence-electron chi connectivity index (χ1n) is 5.98.